The van der Waals surface area contributed by atoms with E-state index in [1.54, 1.807) is 11.0 Å². The van der Waals surface area contributed by atoms with Crippen LogP contribution in [0.4, 0.5) is 16.4 Å². The minimum absolute atomic E-state index is 0.0132. The van der Waals surface area contributed by atoms with Gasteiger partial charge in [-0.2, -0.15) is 5.26 Å². The van der Waals surface area contributed by atoms with Crippen molar-refractivity contribution in [2.24, 2.45) is 0 Å². The van der Waals surface area contributed by atoms with Gasteiger partial charge in [-0.15, -0.1) is 0 Å². The van der Waals surface area contributed by atoms with E-state index in [0.29, 0.717) is 61.6 Å². The number of fused-ring (bicyclic) bond motifs is 1. The molecule has 0 aromatic carbocycles. The molecule has 11 heteroatoms. The minimum atomic E-state index is -0.433. The molecule has 3 aliphatic rings. The molecule has 0 spiro atoms. The van der Waals surface area contributed by atoms with Crippen molar-refractivity contribution in [1.82, 2.24) is 19.8 Å². The Morgan fingerprint density at radius 3 is 2.86 bits per heavy atom. The number of pyridine rings is 2. The molecule has 2 aromatic heterocycles. The van der Waals surface area contributed by atoms with Crippen molar-refractivity contribution in [2.75, 3.05) is 43.4 Å². The fourth-order valence-electron chi connectivity index (χ4n) is 4.41. The van der Waals surface area contributed by atoms with Crippen molar-refractivity contribution in [3.05, 3.63) is 40.7 Å². The zero-order valence-electron chi connectivity index (χ0n) is 20.1. The smallest absolute Gasteiger partial charge is 0.328 e. The Kier molecular flexibility index (Phi) is 6.52. The predicted molar refractivity (Wildman–Crippen MR) is 130 cm³/mol. The Labute approximate surface area is 208 Å². The van der Waals surface area contributed by atoms with Gasteiger partial charge in [-0.3, -0.25) is 24.7 Å². The van der Waals surface area contributed by atoms with E-state index in [1.165, 1.54) is 11.1 Å². The topological polar surface area (TPSA) is 132 Å². The van der Waals surface area contributed by atoms with Gasteiger partial charge < -0.3 is 9.64 Å². The van der Waals surface area contributed by atoms with E-state index < -0.39 is 6.03 Å². The number of nitrogens with zero attached hydrogens (tertiary/aromatic N) is 6. The number of carbonyl (C=O) groups excluding carboxylic acids is 3. The van der Waals surface area contributed by atoms with E-state index in [0.717, 1.165) is 31.4 Å². The molecule has 3 amide bonds. The van der Waals surface area contributed by atoms with Crippen LogP contribution in [0.5, 0.6) is 5.75 Å². The van der Waals surface area contributed by atoms with Crippen LogP contribution in [0.2, 0.25) is 0 Å². The first-order chi connectivity index (χ1) is 17.4. The monoisotopic (exact) mass is 489 g/mol. The first kappa shape index (κ1) is 23.7. The number of hydrogen-bond donors (Lipinski definition) is 1. The predicted octanol–water partition coefficient (Wildman–Crippen LogP) is 1.96. The fraction of sp³-hybridized carbons (Fsp3) is 0.440. The van der Waals surface area contributed by atoms with Gasteiger partial charge in [-0.05, 0) is 44.4 Å². The fourth-order valence-corrected chi connectivity index (χ4v) is 4.41. The molecule has 1 saturated carbocycles. The summed E-state index contributed by atoms with van der Waals surface area (Å²) in [6.07, 6.45) is 5.47. The van der Waals surface area contributed by atoms with E-state index in [4.69, 9.17) is 4.74 Å². The SMILES string of the molecule is CN1CCN(Cc2cc3c(nc2C=O)N(C(=O)Nc2cc(OC4CC4)c(C#N)cn2)CCC3)C(=O)C1. The molecule has 0 atom stereocenters. The Balaban J connectivity index is 1.36. The second-order valence-electron chi connectivity index (χ2n) is 9.37. The molecule has 2 aromatic rings. The third-order valence-corrected chi connectivity index (χ3v) is 6.54. The van der Waals surface area contributed by atoms with Gasteiger partial charge in [0.25, 0.3) is 0 Å². The van der Waals surface area contributed by atoms with Gasteiger partial charge in [-0.25, -0.2) is 14.8 Å². The lowest BCUT2D eigenvalue weighted by Crippen LogP contribution is -2.48. The Morgan fingerprint density at radius 2 is 2.14 bits per heavy atom. The normalized spacial score (nSPS) is 17.8. The third kappa shape index (κ3) is 4.99. The Hall–Kier alpha value is -4.04. The summed E-state index contributed by atoms with van der Waals surface area (Å²) in [6, 6.07) is 5.07. The molecular formula is C25H27N7O4. The van der Waals surface area contributed by atoms with Crippen molar-refractivity contribution in [3.63, 3.8) is 0 Å². The molecule has 11 nitrogen and oxygen atoms in total. The number of ether oxygens (including phenoxy) is 1. The molecule has 1 saturated heterocycles. The number of aromatic nitrogens is 2. The molecule has 2 aliphatic heterocycles. The zero-order chi connectivity index (χ0) is 25.2. The zero-order valence-corrected chi connectivity index (χ0v) is 20.1. The highest BCUT2D eigenvalue weighted by molar-refractivity contribution is 6.01. The highest BCUT2D eigenvalue weighted by atomic mass is 16.5. The molecule has 1 N–H and O–H groups in total. The molecule has 1 aliphatic carbocycles. The van der Waals surface area contributed by atoms with Crippen molar-refractivity contribution in [3.8, 4) is 11.8 Å². The van der Waals surface area contributed by atoms with E-state index in [2.05, 4.69) is 21.4 Å². The third-order valence-electron chi connectivity index (χ3n) is 6.54. The molecule has 5 rings (SSSR count). The summed E-state index contributed by atoms with van der Waals surface area (Å²) in [4.78, 5) is 51.4. The summed E-state index contributed by atoms with van der Waals surface area (Å²) >= 11 is 0. The van der Waals surface area contributed by atoms with E-state index >= 15 is 0 Å². The van der Waals surface area contributed by atoms with Crippen molar-refractivity contribution < 1.29 is 19.1 Å². The number of nitrogens with one attached hydrogen (secondary N) is 1. The maximum Gasteiger partial charge on any atom is 0.328 e. The number of urea groups is 1. The number of hydrogen-bond acceptors (Lipinski definition) is 8. The maximum atomic E-state index is 13.2. The first-order valence-corrected chi connectivity index (χ1v) is 12.0. The van der Waals surface area contributed by atoms with Gasteiger partial charge in [0.1, 0.15) is 34.7 Å². The van der Waals surface area contributed by atoms with Gasteiger partial charge in [0.15, 0.2) is 6.29 Å². The highest BCUT2D eigenvalue weighted by Gasteiger charge is 2.29. The van der Waals surface area contributed by atoms with Crippen LogP contribution in [0.25, 0.3) is 0 Å². The molecule has 0 bridgehead atoms. The van der Waals surface area contributed by atoms with E-state index in [9.17, 15) is 19.6 Å². The molecule has 0 radical (unpaired) electrons. The summed E-state index contributed by atoms with van der Waals surface area (Å²) in [7, 11) is 1.90. The van der Waals surface area contributed by atoms with E-state index in [-0.39, 0.29) is 23.5 Å². The summed E-state index contributed by atoms with van der Waals surface area (Å²) in [5.41, 5.74) is 2.06. The minimum Gasteiger partial charge on any atom is -0.489 e. The number of nitriles is 1. The van der Waals surface area contributed by atoms with Gasteiger partial charge in [0.05, 0.1) is 18.8 Å². The second-order valence-corrected chi connectivity index (χ2v) is 9.37. The summed E-state index contributed by atoms with van der Waals surface area (Å²) in [5.74, 6) is 1.10. The van der Waals surface area contributed by atoms with Crippen LogP contribution in [0.1, 0.15) is 46.4 Å². The number of aldehydes is 1. The van der Waals surface area contributed by atoms with Gasteiger partial charge in [-0.1, -0.05) is 0 Å². The number of piperazine rings is 1. The molecule has 2 fully saturated rings. The van der Waals surface area contributed by atoms with E-state index in [1.807, 2.05) is 18.0 Å². The van der Waals surface area contributed by atoms with Gasteiger partial charge in [0.2, 0.25) is 5.91 Å². The number of rotatable bonds is 6. The lowest BCUT2D eigenvalue weighted by Gasteiger charge is -2.33. The van der Waals surface area contributed by atoms with Crippen LogP contribution in [0.15, 0.2) is 18.3 Å². The van der Waals surface area contributed by atoms with Crippen LogP contribution in [0.3, 0.4) is 0 Å². The first-order valence-electron chi connectivity index (χ1n) is 12.0. The van der Waals surface area contributed by atoms with Crippen LogP contribution in [-0.4, -0.2) is 77.3 Å². The Bertz CT molecular complexity index is 1250. The van der Waals surface area contributed by atoms with Crippen LogP contribution < -0.4 is 15.0 Å². The number of aryl methyl sites for hydroxylation is 1. The largest absolute Gasteiger partial charge is 0.489 e. The van der Waals surface area contributed by atoms with Crippen LogP contribution in [-0.2, 0) is 17.8 Å². The average Bonchev–Trinajstić information content (AvgIpc) is 3.69. The summed E-state index contributed by atoms with van der Waals surface area (Å²) < 4.78 is 5.78. The Morgan fingerprint density at radius 1 is 1.31 bits per heavy atom. The molecule has 0 unspecified atom stereocenters. The average molecular weight is 490 g/mol. The van der Waals surface area contributed by atoms with Crippen LogP contribution in [0, 0.1) is 11.3 Å². The van der Waals surface area contributed by atoms with Crippen molar-refractivity contribution in [1.29, 1.82) is 5.26 Å². The number of amides is 3. The van der Waals surface area contributed by atoms with Gasteiger partial charge >= 0.3 is 6.03 Å². The summed E-state index contributed by atoms with van der Waals surface area (Å²) in [6.45, 7) is 2.45. The van der Waals surface area contributed by atoms with Crippen molar-refractivity contribution >= 4 is 29.9 Å². The quantitative estimate of drug-likeness (QED) is 0.609. The van der Waals surface area contributed by atoms with Crippen molar-refractivity contribution in [2.45, 2.75) is 38.3 Å². The lowest BCUT2D eigenvalue weighted by atomic mass is 10.0. The lowest BCUT2D eigenvalue weighted by molar-refractivity contribution is -0.136. The molecular weight excluding hydrogens is 462 g/mol. The molecule has 36 heavy (non-hydrogen) atoms. The maximum absolute atomic E-state index is 13.2. The van der Waals surface area contributed by atoms with Gasteiger partial charge in [0, 0.05) is 37.8 Å². The number of carbonyl (C=O) groups is 3. The standard InChI is InChI=1S/C25H27N7O4/c1-30-7-8-31(23(34)14-30)13-17-9-16-3-2-6-32(24(16)28-20(17)15-33)25(35)29-22-10-21(36-19-4-5-19)18(11-26)12-27-22/h9-10,12,15,19H,2-8,13-14H2,1H3,(H,27,29,35). The highest BCUT2D eigenvalue weighted by Crippen LogP contribution is 2.31. The molecule has 4 heterocycles. The second kappa shape index (κ2) is 9.91. The molecule has 186 valence electrons. The number of likely N-dealkylation sites (N-methyl/N-ethyl adjacent to an activating group) is 1. The summed E-state index contributed by atoms with van der Waals surface area (Å²) in [5, 5.41) is 12.1. The number of anilines is 2. The van der Waals surface area contributed by atoms with Crippen LogP contribution >= 0.6 is 0 Å².